The lowest BCUT2D eigenvalue weighted by molar-refractivity contribution is -0.116. The van der Waals surface area contributed by atoms with Crippen molar-refractivity contribution in [3.63, 3.8) is 0 Å². The van der Waals surface area contributed by atoms with Crippen molar-refractivity contribution in [2.45, 2.75) is 19.4 Å². The van der Waals surface area contributed by atoms with E-state index in [2.05, 4.69) is 5.32 Å². The summed E-state index contributed by atoms with van der Waals surface area (Å²) >= 11 is 0. The number of methoxy groups -OCH3 is 1. The van der Waals surface area contributed by atoms with Gasteiger partial charge in [0.1, 0.15) is 0 Å². The predicted octanol–water partition coefficient (Wildman–Crippen LogP) is 1.51. The third-order valence-electron chi connectivity index (χ3n) is 2.26. The summed E-state index contributed by atoms with van der Waals surface area (Å²) in [6, 6.07) is 7.55. The molecule has 3 N–H and O–H groups in total. The predicted molar refractivity (Wildman–Crippen MR) is 64.1 cm³/mol. The van der Waals surface area contributed by atoms with Crippen LogP contribution in [0.5, 0.6) is 0 Å². The lowest BCUT2D eigenvalue weighted by atomic mass is 10.1. The standard InChI is InChI=1S/C12H18N2O2/c1-16-8-4-7-12(15)14-11-6-3-2-5-10(11)9-13/h2-3,5-6H,4,7-9,13H2,1H3,(H,14,15). The third-order valence-corrected chi connectivity index (χ3v) is 2.26. The van der Waals surface area contributed by atoms with Crippen LogP contribution in [0.1, 0.15) is 18.4 Å². The van der Waals surface area contributed by atoms with Gasteiger partial charge < -0.3 is 15.8 Å². The molecule has 16 heavy (non-hydrogen) atoms. The number of hydrogen-bond acceptors (Lipinski definition) is 3. The fraction of sp³-hybridized carbons (Fsp3) is 0.417. The molecule has 0 atom stereocenters. The Hall–Kier alpha value is -1.39. The number of hydrogen-bond donors (Lipinski definition) is 2. The zero-order valence-electron chi connectivity index (χ0n) is 9.53. The first-order valence-electron chi connectivity index (χ1n) is 5.34. The molecule has 0 fully saturated rings. The number of carbonyl (C=O) groups is 1. The summed E-state index contributed by atoms with van der Waals surface area (Å²) in [6.07, 6.45) is 1.19. The first-order valence-corrected chi connectivity index (χ1v) is 5.34. The van der Waals surface area contributed by atoms with Crippen LogP contribution in [-0.4, -0.2) is 19.6 Å². The van der Waals surface area contributed by atoms with E-state index in [-0.39, 0.29) is 5.91 Å². The highest BCUT2D eigenvalue weighted by molar-refractivity contribution is 5.91. The van der Waals surface area contributed by atoms with Crippen LogP contribution in [-0.2, 0) is 16.1 Å². The number of anilines is 1. The van der Waals surface area contributed by atoms with Gasteiger partial charge in [-0.3, -0.25) is 4.79 Å². The Morgan fingerprint density at radius 3 is 2.88 bits per heavy atom. The lowest BCUT2D eigenvalue weighted by Crippen LogP contribution is -2.14. The molecule has 0 heterocycles. The Bertz CT molecular complexity index is 340. The molecule has 0 unspecified atom stereocenters. The topological polar surface area (TPSA) is 64.3 Å². The number of nitrogens with two attached hydrogens (primary N) is 1. The molecule has 0 aromatic heterocycles. The van der Waals surface area contributed by atoms with E-state index in [1.54, 1.807) is 7.11 Å². The van der Waals surface area contributed by atoms with Gasteiger partial charge in [-0.2, -0.15) is 0 Å². The normalized spacial score (nSPS) is 10.1. The van der Waals surface area contributed by atoms with Gasteiger partial charge in [-0.05, 0) is 18.1 Å². The van der Waals surface area contributed by atoms with Gasteiger partial charge in [0.25, 0.3) is 0 Å². The SMILES string of the molecule is COCCCC(=O)Nc1ccccc1CN. The highest BCUT2D eigenvalue weighted by Crippen LogP contribution is 2.14. The summed E-state index contributed by atoms with van der Waals surface area (Å²) in [5.74, 6) is -0.00190. The van der Waals surface area contributed by atoms with Crippen LogP contribution in [0.4, 0.5) is 5.69 Å². The molecule has 4 heteroatoms. The van der Waals surface area contributed by atoms with Gasteiger partial charge in [-0.25, -0.2) is 0 Å². The van der Waals surface area contributed by atoms with Gasteiger partial charge in [0, 0.05) is 32.4 Å². The number of rotatable bonds is 6. The van der Waals surface area contributed by atoms with Crippen LogP contribution in [0.3, 0.4) is 0 Å². The van der Waals surface area contributed by atoms with Crippen molar-refractivity contribution in [1.82, 2.24) is 0 Å². The molecule has 0 spiro atoms. The summed E-state index contributed by atoms with van der Waals surface area (Å²) in [7, 11) is 1.63. The monoisotopic (exact) mass is 222 g/mol. The molecular formula is C12H18N2O2. The van der Waals surface area contributed by atoms with Crippen molar-refractivity contribution in [3.05, 3.63) is 29.8 Å². The average Bonchev–Trinajstić information content (AvgIpc) is 2.30. The lowest BCUT2D eigenvalue weighted by Gasteiger charge is -2.09. The van der Waals surface area contributed by atoms with Crippen LogP contribution in [0, 0.1) is 0 Å². The van der Waals surface area contributed by atoms with E-state index >= 15 is 0 Å². The number of nitrogens with one attached hydrogen (secondary N) is 1. The molecule has 0 aliphatic carbocycles. The van der Waals surface area contributed by atoms with E-state index in [4.69, 9.17) is 10.5 Å². The minimum atomic E-state index is -0.00190. The highest BCUT2D eigenvalue weighted by atomic mass is 16.5. The van der Waals surface area contributed by atoms with Crippen LogP contribution in [0.2, 0.25) is 0 Å². The van der Waals surface area contributed by atoms with E-state index in [1.807, 2.05) is 24.3 Å². The maximum Gasteiger partial charge on any atom is 0.224 e. The summed E-state index contributed by atoms with van der Waals surface area (Å²) in [6.45, 7) is 1.03. The molecule has 1 amide bonds. The van der Waals surface area contributed by atoms with E-state index in [0.29, 0.717) is 19.6 Å². The second kappa shape index (κ2) is 6.98. The highest BCUT2D eigenvalue weighted by Gasteiger charge is 2.04. The van der Waals surface area contributed by atoms with Crippen molar-refractivity contribution in [2.24, 2.45) is 5.73 Å². The maximum absolute atomic E-state index is 11.5. The van der Waals surface area contributed by atoms with Crippen LogP contribution in [0.15, 0.2) is 24.3 Å². The van der Waals surface area contributed by atoms with Crippen molar-refractivity contribution in [3.8, 4) is 0 Å². The summed E-state index contributed by atoms with van der Waals surface area (Å²) in [5, 5.41) is 2.85. The number of amides is 1. The Kier molecular flexibility index (Phi) is 5.53. The molecular weight excluding hydrogens is 204 g/mol. The smallest absolute Gasteiger partial charge is 0.224 e. The van der Waals surface area contributed by atoms with Crippen LogP contribution in [0.25, 0.3) is 0 Å². The Labute approximate surface area is 95.8 Å². The maximum atomic E-state index is 11.5. The molecule has 1 aromatic carbocycles. The zero-order valence-corrected chi connectivity index (χ0v) is 9.53. The van der Waals surface area contributed by atoms with Gasteiger partial charge >= 0.3 is 0 Å². The Morgan fingerprint density at radius 2 is 2.19 bits per heavy atom. The van der Waals surface area contributed by atoms with Crippen LogP contribution < -0.4 is 11.1 Å². The van der Waals surface area contributed by atoms with Gasteiger partial charge in [0.05, 0.1) is 0 Å². The van der Waals surface area contributed by atoms with Gasteiger partial charge in [-0.1, -0.05) is 18.2 Å². The fourth-order valence-corrected chi connectivity index (χ4v) is 1.41. The first kappa shape index (κ1) is 12.7. The second-order valence-electron chi connectivity index (χ2n) is 3.51. The molecule has 1 aromatic rings. The molecule has 0 aliphatic heterocycles. The molecule has 0 saturated heterocycles. The van der Waals surface area contributed by atoms with Crippen molar-refractivity contribution in [1.29, 1.82) is 0 Å². The number of para-hydroxylation sites is 1. The largest absolute Gasteiger partial charge is 0.385 e. The zero-order chi connectivity index (χ0) is 11.8. The molecule has 1 rings (SSSR count). The molecule has 0 radical (unpaired) electrons. The minimum absolute atomic E-state index is 0.00190. The summed E-state index contributed by atoms with van der Waals surface area (Å²) < 4.78 is 4.89. The quantitative estimate of drug-likeness (QED) is 0.717. The van der Waals surface area contributed by atoms with Crippen molar-refractivity contribution < 1.29 is 9.53 Å². The van der Waals surface area contributed by atoms with Gasteiger partial charge in [-0.15, -0.1) is 0 Å². The number of carbonyl (C=O) groups excluding carboxylic acids is 1. The first-order chi connectivity index (χ1) is 7.77. The third kappa shape index (κ3) is 4.00. The summed E-state index contributed by atoms with van der Waals surface area (Å²) in [5.41, 5.74) is 7.32. The molecule has 0 aliphatic rings. The molecule has 0 saturated carbocycles. The van der Waals surface area contributed by atoms with Crippen molar-refractivity contribution in [2.75, 3.05) is 19.0 Å². The van der Waals surface area contributed by atoms with E-state index < -0.39 is 0 Å². The summed E-state index contributed by atoms with van der Waals surface area (Å²) in [4.78, 5) is 11.5. The number of benzene rings is 1. The van der Waals surface area contributed by atoms with E-state index in [9.17, 15) is 4.79 Å². The average molecular weight is 222 g/mol. The fourth-order valence-electron chi connectivity index (χ4n) is 1.41. The molecule has 0 bridgehead atoms. The number of ether oxygens (including phenoxy) is 1. The van der Waals surface area contributed by atoms with Gasteiger partial charge in [0.2, 0.25) is 5.91 Å². The van der Waals surface area contributed by atoms with E-state index in [1.165, 1.54) is 0 Å². The Balaban J connectivity index is 2.49. The van der Waals surface area contributed by atoms with E-state index in [0.717, 1.165) is 17.7 Å². The van der Waals surface area contributed by atoms with Crippen molar-refractivity contribution >= 4 is 11.6 Å². The molecule has 88 valence electrons. The minimum Gasteiger partial charge on any atom is -0.385 e. The second-order valence-corrected chi connectivity index (χ2v) is 3.51. The molecule has 4 nitrogen and oxygen atoms in total. The Morgan fingerprint density at radius 1 is 1.44 bits per heavy atom. The van der Waals surface area contributed by atoms with Crippen LogP contribution >= 0.6 is 0 Å². The van der Waals surface area contributed by atoms with Gasteiger partial charge in [0.15, 0.2) is 0 Å².